The Morgan fingerprint density at radius 2 is 2.42 bits per heavy atom. The first kappa shape index (κ1) is 9.25. The number of carboxylic acids is 1. The molecule has 0 aliphatic carbocycles. The molecule has 0 amide bonds. The van der Waals surface area contributed by atoms with Crippen molar-refractivity contribution in [3.63, 3.8) is 0 Å². The highest BCUT2D eigenvalue weighted by atomic mass is 79.9. The number of oxazole rings is 1. The summed E-state index contributed by atoms with van der Waals surface area (Å²) >= 11 is 2.98. The molecule has 0 spiro atoms. The average Bonchev–Trinajstić information content (AvgIpc) is 2.32. The average molecular weight is 234 g/mol. The van der Waals surface area contributed by atoms with Gasteiger partial charge in [0.1, 0.15) is 0 Å². The molecule has 1 rings (SSSR count). The van der Waals surface area contributed by atoms with Gasteiger partial charge in [-0.15, -0.1) is 0 Å². The Hall–Kier alpha value is -0.840. The number of carbonyl (C=O) groups is 1. The van der Waals surface area contributed by atoms with Gasteiger partial charge in [-0.2, -0.15) is 0 Å². The van der Waals surface area contributed by atoms with E-state index in [1.807, 2.05) is 6.92 Å². The summed E-state index contributed by atoms with van der Waals surface area (Å²) in [7, 11) is 0. The second-order valence-electron chi connectivity index (χ2n) is 2.29. The zero-order chi connectivity index (χ0) is 9.14. The van der Waals surface area contributed by atoms with E-state index in [4.69, 9.17) is 9.52 Å². The quantitative estimate of drug-likeness (QED) is 0.869. The summed E-state index contributed by atoms with van der Waals surface area (Å²) in [5.74, 6) is -0.616. The first-order valence-electron chi connectivity index (χ1n) is 3.53. The van der Waals surface area contributed by atoms with E-state index in [0.29, 0.717) is 12.3 Å². The standard InChI is InChI=1S/C7H8BrNO3/c1-2-3-4-9-5(7(10)11)6(8)12-4/h2-3H2,1H3,(H,10,11). The van der Waals surface area contributed by atoms with Gasteiger partial charge in [0.2, 0.25) is 10.4 Å². The van der Waals surface area contributed by atoms with Crippen molar-refractivity contribution < 1.29 is 14.3 Å². The van der Waals surface area contributed by atoms with Crippen LogP contribution in [0.5, 0.6) is 0 Å². The van der Waals surface area contributed by atoms with Gasteiger partial charge in [0.15, 0.2) is 5.89 Å². The van der Waals surface area contributed by atoms with Crippen molar-refractivity contribution in [2.75, 3.05) is 0 Å². The second kappa shape index (κ2) is 3.71. The second-order valence-corrected chi connectivity index (χ2v) is 3.01. The molecule has 66 valence electrons. The number of aryl methyl sites for hydroxylation is 1. The van der Waals surface area contributed by atoms with Crippen molar-refractivity contribution in [3.05, 3.63) is 16.3 Å². The number of rotatable bonds is 3. The third-order valence-electron chi connectivity index (χ3n) is 1.30. The molecular formula is C7H8BrNO3. The van der Waals surface area contributed by atoms with Crippen molar-refractivity contribution in [1.29, 1.82) is 0 Å². The minimum Gasteiger partial charge on any atom is -0.476 e. The van der Waals surface area contributed by atoms with Crippen LogP contribution in [0.1, 0.15) is 29.7 Å². The Morgan fingerprint density at radius 1 is 1.75 bits per heavy atom. The Morgan fingerprint density at radius 3 is 2.83 bits per heavy atom. The Labute approximate surface area is 77.7 Å². The fourth-order valence-corrected chi connectivity index (χ4v) is 1.24. The van der Waals surface area contributed by atoms with E-state index < -0.39 is 5.97 Å². The lowest BCUT2D eigenvalue weighted by Gasteiger charge is -1.85. The van der Waals surface area contributed by atoms with E-state index in [0.717, 1.165) is 6.42 Å². The normalized spacial score (nSPS) is 10.2. The van der Waals surface area contributed by atoms with Gasteiger partial charge in [-0.1, -0.05) is 6.92 Å². The highest BCUT2D eigenvalue weighted by molar-refractivity contribution is 9.10. The molecule has 0 radical (unpaired) electrons. The molecule has 0 fully saturated rings. The van der Waals surface area contributed by atoms with Gasteiger partial charge in [0.25, 0.3) is 0 Å². The minimum absolute atomic E-state index is 0.0570. The lowest BCUT2D eigenvalue weighted by atomic mass is 10.3. The number of nitrogens with zero attached hydrogens (tertiary/aromatic N) is 1. The van der Waals surface area contributed by atoms with E-state index >= 15 is 0 Å². The summed E-state index contributed by atoms with van der Waals surface area (Å²) in [5, 5.41) is 8.59. The lowest BCUT2D eigenvalue weighted by Crippen LogP contribution is -1.97. The zero-order valence-corrected chi connectivity index (χ0v) is 8.09. The predicted molar refractivity (Wildman–Crippen MR) is 45.2 cm³/mol. The smallest absolute Gasteiger partial charge is 0.359 e. The number of halogens is 1. The molecule has 1 heterocycles. The van der Waals surface area contributed by atoms with E-state index in [1.54, 1.807) is 0 Å². The molecule has 4 nitrogen and oxygen atoms in total. The van der Waals surface area contributed by atoms with Crippen LogP contribution < -0.4 is 0 Å². The van der Waals surface area contributed by atoms with Crippen LogP contribution in [-0.4, -0.2) is 16.1 Å². The molecule has 0 saturated heterocycles. The molecular weight excluding hydrogens is 226 g/mol. The molecule has 1 N–H and O–H groups in total. The maximum Gasteiger partial charge on any atom is 0.359 e. The van der Waals surface area contributed by atoms with Gasteiger partial charge in [-0.05, 0) is 22.4 Å². The van der Waals surface area contributed by atoms with Crippen LogP contribution in [-0.2, 0) is 6.42 Å². The van der Waals surface area contributed by atoms with Crippen LogP contribution in [0.25, 0.3) is 0 Å². The molecule has 1 aromatic heterocycles. The molecule has 0 atom stereocenters. The Kier molecular flexibility index (Phi) is 2.86. The number of hydrogen-bond acceptors (Lipinski definition) is 3. The molecule has 0 unspecified atom stereocenters. The van der Waals surface area contributed by atoms with Gasteiger partial charge in [-0.25, -0.2) is 9.78 Å². The molecule has 12 heavy (non-hydrogen) atoms. The molecule has 0 aliphatic heterocycles. The minimum atomic E-state index is -1.08. The van der Waals surface area contributed by atoms with E-state index in [-0.39, 0.29) is 10.4 Å². The van der Waals surface area contributed by atoms with E-state index in [9.17, 15) is 4.79 Å². The third-order valence-corrected chi connectivity index (χ3v) is 1.83. The zero-order valence-electron chi connectivity index (χ0n) is 6.50. The fourth-order valence-electron chi connectivity index (χ4n) is 0.796. The van der Waals surface area contributed by atoms with Crippen LogP contribution in [0.2, 0.25) is 0 Å². The Balaban J connectivity index is 2.92. The summed E-state index contributed by atoms with van der Waals surface area (Å²) in [6, 6.07) is 0. The van der Waals surface area contributed by atoms with Crippen LogP contribution >= 0.6 is 15.9 Å². The lowest BCUT2D eigenvalue weighted by molar-refractivity contribution is 0.0689. The maximum atomic E-state index is 10.5. The van der Waals surface area contributed by atoms with E-state index in [1.165, 1.54) is 0 Å². The van der Waals surface area contributed by atoms with Gasteiger partial charge < -0.3 is 9.52 Å². The summed E-state index contributed by atoms with van der Waals surface area (Å²) < 4.78 is 5.23. The van der Waals surface area contributed by atoms with Gasteiger partial charge >= 0.3 is 5.97 Å². The van der Waals surface area contributed by atoms with Crippen molar-refractivity contribution in [2.45, 2.75) is 19.8 Å². The highest BCUT2D eigenvalue weighted by Crippen LogP contribution is 2.18. The summed E-state index contributed by atoms with van der Waals surface area (Å²) in [6.07, 6.45) is 1.54. The molecule has 1 aromatic rings. The summed E-state index contributed by atoms with van der Waals surface area (Å²) in [6.45, 7) is 1.97. The topological polar surface area (TPSA) is 63.3 Å². The van der Waals surface area contributed by atoms with Crippen LogP contribution in [0.4, 0.5) is 0 Å². The first-order valence-corrected chi connectivity index (χ1v) is 4.33. The first-order chi connectivity index (χ1) is 5.65. The molecule has 0 saturated carbocycles. The van der Waals surface area contributed by atoms with Crippen molar-refractivity contribution in [3.8, 4) is 0 Å². The molecule has 0 bridgehead atoms. The fraction of sp³-hybridized carbons (Fsp3) is 0.429. The van der Waals surface area contributed by atoms with Gasteiger partial charge in [0.05, 0.1) is 0 Å². The monoisotopic (exact) mass is 233 g/mol. The SMILES string of the molecule is CCCc1nc(C(=O)O)c(Br)o1. The van der Waals surface area contributed by atoms with Crippen LogP contribution in [0.15, 0.2) is 9.09 Å². The number of carboxylic acid groups (broad SMARTS) is 1. The van der Waals surface area contributed by atoms with Crippen molar-refractivity contribution in [1.82, 2.24) is 4.98 Å². The maximum absolute atomic E-state index is 10.5. The number of hydrogen-bond donors (Lipinski definition) is 1. The third kappa shape index (κ3) is 1.85. The van der Waals surface area contributed by atoms with Crippen molar-refractivity contribution >= 4 is 21.9 Å². The Bertz CT molecular complexity index is 295. The predicted octanol–water partition coefficient (Wildman–Crippen LogP) is 2.09. The van der Waals surface area contributed by atoms with Crippen LogP contribution in [0.3, 0.4) is 0 Å². The summed E-state index contributed by atoms with van der Waals surface area (Å²) in [5.41, 5.74) is -0.0570. The van der Waals surface area contributed by atoms with E-state index in [2.05, 4.69) is 20.9 Å². The molecule has 5 heteroatoms. The summed E-state index contributed by atoms with van der Waals surface area (Å²) in [4.78, 5) is 14.3. The highest BCUT2D eigenvalue weighted by Gasteiger charge is 2.16. The van der Waals surface area contributed by atoms with Gasteiger partial charge in [-0.3, -0.25) is 0 Å². The van der Waals surface area contributed by atoms with Crippen LogP contribution in [0, 0.1) is 0 Å². The number of aromatic nitrogens is 1. The number of aromatic carboxylic acids is 1. The van der Waals surface area contributed by atoms with Gasteiger partial charge in [0, 0.05) is 6.42 Å². The van der Waals surface area contributed by atoms with Crippen molar-refractivity contribution in [2.24, 2.45) is 0 Å². The molecule has 0 aliphatic rings. The largest absolute Gasteiger partial charge is 0.476 e. The molecule has 0 aromatic carbocycles.